The van der Waals surface area contributed by atoms with Gasteiger partial charge in [-0.05, 0) is 18.6 Å². The van der Waals surface area contributed by atoms with E-state index in [1.807, 2.05) is 31.2 Å². The number of aliphatic hydroxyl groups excluding tert-OH is 1. The summed E-state index contributed by atoms with van der Waals surface area (Å²) < 4.78 is 0. The van der Waals surface area contributed by atoms with Gasteiger partial charge in [0.05, 0.1) is 10.4 Å². The maximum absolute atomic E-state index is 12.0. The van der Waals surface area contributed by atoms with E-state index in [0.29, 0.717) is 12.1 Å². The first kappa shape index (κ1) is 14.3. The maximum Gasteiger partial charge on any atom is 0.252 e. The normalized spacial score (nSPS) is 9.70. The molecule has 1 aromatic heterocycles. The van der Waals surface area contributed by atoms with Crippen molar-refractivity contribution in [3.05, 3.63) is 57.3 Å². The number of thiophene rings is 1. The lowest BCUT2D eigenvalue weighted by atomic mass is 10.1. The standard InChI is InChI=1S/C16H15NO2S/c1-12-4-2-5-13(8-12)10-17-16(19)14-9-15(20-11-14)6-3-7-18/h2,4-5,8-9,11,18H,7,10H2,1H3,(H,17,19). The average Bonchev–Trinajstić information content (AvgIpc) is 2.91. The first-order valence-corrected chi connectivity index (χ1v) is 7.09. The summed E-state index contributed by atoms with van der Waals surface area (Å²) in [6.07, 6.45) is 0. The molecular weight excluding hydrogens is 270 g/mol. The largest absolute Gasteiger partial charge is 0.384 e. The molecule has 2 rings (SSSR count). The molecule has 3 nitrogen and oxygen atoms in total. The molecule has 0 saturated heterocycles. The van der Waals surface area contributed by atoms with Crippen LogP contribution in [0.5, 0.6) is 0 Å². The van der Waals surface area contributed by atoms with Crippen LogP contribution in [0.2, 0.25) is 0 Å². The van der Waals surface area contributed by atoms with Crippen LogP contribution in [0.4, 0.5) is 0 Å². The molecule has 20 heavy (non-hydrogen) atoms. The highest BCUT2D eigenvalue weighted by molar-refractivity contribution is 7.10. The molecular formula is C16H15NO2S. The molecule has 1 aromatic carbocycles. The smallest absolute Gasteiger partial charge is 0.252 e. The fraction of sp³-hybridized carbons (Fsp3) is 0.188. The van der Waals surface area contributed by atoms with Crippen molar-refractivity contribution < 1.29 is 9.90 Å². The summed E-state index contributed by atoms with van der Waals surface area (Å²) in [7, 11) is 0. The van der Waals surface area contributed by atoms with Gasteiger partial charge in [-0.1, -0.05) is 41.7 Å². The van der Waals surface area contributed by atoms with Crippen LogP contribution in [0.25, 0.3) is 0 Å². The first-order valence-electron chi connectivity index (χ1n) is 6.21. The minimum atomic E-state index is -0.174. The van der Waals surface area contributed by atoms with Crippen molar-refractivity contribution in [1.29, 1.82) is 0 Å². The van der Waals surface area contributed by atoms with Gasteiger partial charge in [-0.2, -0.15) is 0 Å². The van der Waals surface area contributed by atoms with E-state index >= 15 is 0 Å². The number of benzene rings is 1. The number of carbonyl (C=O) groups is 1. The SMILES string of the molecule is Cc1cccc(CNC(=O)c2csc(C#CCO)c2)c1. The molecule has 0 aliphatic heterocycles. The van der Waals surface area contributed by atoms with Crippen molar-refractivity contribution in [2.24, 2.45) is 0 Å². The lowest BCUT2D eigenvalue weighted by Gasteiger charge is -2.04. The molecule has 0 saturated carbocycles. The van der Waals surface area contributed by atoms with Crippen molar-refractivity contribution in [2.45, 2.75) is 13.5 Å². The maximum atomic E-state index is 12.0. The van der Waals surface area contributed by atoms with Gasteiger partial charge in [0.1, 0.15) is 6.61 Å². The van der Waals surface area contributed by atoms with E-state index in [0.717, 1.165) is 10.4 Å². The minimum absolute atomic E-state index is 0.111. The summed E-state index contributed by atoms with van der Waals surface area (Å²) in [5.41, 5.74) is 2.85. The zero-order valence-electron chi connectivity index (χ0n) is 11.1. The Morgan fingerprint density at radius 2 is 2.25 bits per heavy atom. The summed E-state index contributed by atoms with van der Waals surface area (Å²) in [4.78, 5) is 12.8. The van der Waals surface area contributed by atoms with Crippen molar-refractivity contribution >= 4 is 17.2 Å². The molecule has 4 heteroatoms. The van der Waals surface area contributed by atoms with E-state index in [-0.39, 0.29) is 12.5 Å². The molecule has 0 unspecified atom stereocenters. The Balaban J connectivity index is 1.96. The predicted molar refractivity (Wildman–Crippen MR) is 80.6 cm³/mol. The van der Waals surface area contributed by atoms with Gasteiger partial charge in [0.25, 0.3) is 5.91 Å². The van der Waals surface area contributed by atoms with Gasteiger partial charge >= 0.3 is 0 Å². The van der Waals surface area contributed by atoms with E-state index in [1.165, 1.54) is 16.9 Å². The molecule has 0 aliphatic carbocycles. The van der Waals surface area contributed by atoms with E-state index in [2.05, 4.69) is 17.2 Å². The number of carbonyl (C=O) groups excluding carboxylic acids is 1. The van der Waals surface area contributed by atoms with Gasteiger partial charge in [0, 0.05) is 11.9 Å². The third-order valence-corrected chi connectivity index (χ3v) is 3.53. The zero-order valence-corrected chi connectivity index (χ0v) is 12.0. The second-order valence-corrected chi connectivity index (χ2v) is 5.24. The van der Waals surface area contributed by atoms with Gasteiger partial charge < -0.3 is 10.4 Å². The van der Waals surface area contributed by atoms with Crippen LogP contribution in [0.15, 0.2) is 35.7 Å². The second kappa shape index (κ2) is 6.90. The molecule has 102 valence electrons. The molecule has 0 aliphatic rings. The molecule has 0 atom stereocenters. The Hall–Kier alpha value is -2.09. The number of nitrogens with one attached hydrogen (secondary N) is 1. The molecule has 0 bridgehead atoms. The van der Waals surface area contributed by atoms with Crippen LogP contribution in [0.3, 0.4) is 0 Å². The van der Waals surface area contributed by atoms with Crippen LogP contribution in [0, 0.1) is 18.8 Å². The lowest BCUT2D eigenvalue weighted by molar-refractivity contribution is 0.0951. The predicted octanol–water partition coefficient (Wildman–Crippen LogP) is 2.33. The van der Waals surface area contributed by atoms with E-state index in [1.54, 1.807) is 11.4 Å². The van der Waals surface area contributed by atoms with Crippen LogP contribution in [0.1, 0.15) is 26.4 Å². The number of hydrogen-bond acceptors (Lipinski definition) is 3. The highest BCUT2D eigenvalue weighted by atomic mass is 32.1. The van der Waals surface area contributed by atoms with Gasteiger partial charge in [0.2, 0.25) is 0 Å². The van der Waals surface area contributed by atoms with Crippen molar-refractivity contribution in [3.8, 4) is 11.8 Å². The Morgan fingerprint density at radius 3 is 3.00 bits per heavy atom. The topological polar surface area (TPSA) is 49.3 Å². The van der Waals surface area contributed by atoms with Crippen molar-refractivity contribution in [1.82, 2.24) is 5.32 Å². The molecule has 0 fully saturated rings. The van der Waals surface area contributed by atoms with E-state index < -0.39 is 0 Å². The van der Waals surface area contributed by atoms with Gasteiger partial charge in [-0.3, -0.25) is 4.79 Å². The summed E-state index contributed by atoms with van der Waals surface area (Å²) >= 11 is 1.40. The fourth-order valence-electron chi connectivity index (χ4n) is 1.75. The summed E-state index contributed by atoms with van der Waals surface area (Å²) in [5.74, 6) is 5.24. The monoisotopic (exact) mass is 285 g/mol. The van der Waals surface area contributed by atoms with Crippen LogP contribution in [-0.4, -0.2) is 17.6 Å². The Bertz CT molecular complexity index is 664. The number of rotatable bonds is 3. The molecule has 0 spiro atoms. The highest BCUT2D eigenvalue weighted by Crippen LogP contribution is 2.13. The van der Waals surface area contributed by atoms with Gasteiger partial charge in [0.15, 0.2) is 0 Å². The van der Waals surface area contributed by atoms with Crippen LogP contribution in [-0.2, 0) is 6.54 Å². The summed E-state index contributed by atoms with van der Waals surface area (Å²) in [5, 5.41) is 13.3. The van der Waals surface area contributed by atoms with Gasteiger partial charge in [-0.25, -0.2) is 0 Å². The second-order valence-electron chi connectivity index (χ2n) is 4.33. The summed E-state index contributed by atoms with van der Waals surface area (Å²) in [6, 6.07) is 9.77. The van der Waals surface area contributed by atoms with E-state index in [4.69, 9.17) is 5.11 Å². The molecule has 0 radical (unpaired) electrons. The average molecular weight is 285 g/mol. The Morgan fingerprint density at radius 1 is 1.40 bits per heavy atom. The van der Waals surface area contributed by atoms with Crippen molar-refractivity contribution in [3.63, 3.8) is 0 Å². The fourth-order valence-corrected chi connectivity index (χ4v) is 2.51. The van der Waals surface area contributed by atoms with Gasteiger partial charge in [-0.15, -0.1) is 11.3 Å². The number of hydrogen-bond donors (Lipinski definition) is 2. The van der Waals surface area contributed by atoms with Crippen LogP contribution >= 0.6 is 11.3 Å². The minimum Gasteiger partial charge on any atom is -0.384 e. The summed E-state index contributed by atoms with van der Waals surface area (Å²) in [6.45, 7) is 2.36. The number of aliphatic hydroxyl groups is 1. The molecule has 1 heterocycles. The number of amides is 1. The first-order chi connectivity index (χ1) is 9.69. The number of aryl methyl sites for hydroxylation is 1. The molecule has 2 N–H and O–H groups in total. The van der Waals surface area contributed by atoms with Crippen LogP contribution < -0.4 is 5.32 Å². The highest BCUT2D eigenvalue weighted by Gasteiger charge is 2.07. The third-order valence-electron chi connectivity index (χ3n) is 2.69. The zero-order chi connectivity index (χ0) is 14.4. The Labute approximate surface area is 122 Å². The Kier molecular flexibility index (Phi) is 4.94. The van der Waals surface area contributed by atoms with Crippen molar-refractivity contribution in [2.75, 3.05) is 6.61 Å². The lowest BCUT2D eigenvalue weighted by Crippen LogP contribution is -2.22. The molecule has 2 aromatic rings. The van der Waals surface area contributed by atoms with E-state index in [9.17, 15) is 4.79 Å². The quantitative estimate of drug-likeness (QED) is 0.850. The third kappa shape index (κ3) is 3.95. The molecule has 1 amide bonds.